The van der Waals surface area contributed by atoms with E-state index in [-0.39, 0.29) is 5.60 Å². The number of hydrazine groups is 1. The van der Waals surface area contributed by atoms with Crippen LogP contribution >= 0.6 is 0 Å². The predicted octanol–water partition coefficient (Wildman–Crippen LogP) is 2.95. The van der Waals surface area contributed by atoms with Crippen LogP contribution in [-0.2, 0) is 0 Å². The van der Waals surface area contributed by atoms with Crippen LogP contribution in [0, 0.1) is 0 Å². The molecule has 0 unspecified atom stereocenters. The summed E-state index contributed by atoms with van der Waals surface area (Å²) in [7, 11) is 0. The number of nitrogens with zero attached hydrogens (tertiary/aromatic N) is 2. The predicted molar refractivity (Wildman–Crippen MR) is 135 cm³/mol. The lowest BCUT2D eigenvalue weighted by Gasteiger charge is -2.40. The normalized spacial score (nSPS) is 17.3. The zero-order chi connectivity index (χ0) is 23.1. The van der Waals surface area contributed by atoms with Gasteiger partial charge in [0.25, 0.3) is 0 Å². The van der Waals surface area contributed by atoms with E-state index in [4.69, 9.17) is 22.0 Å². The van der Waals surface area contributed by atoms with Gasteiger partial charge in [0.15, 0.2) is 5.84 Å². The van der Waals surface area contributed by atoms with E-state index < -0.39 is 0 Å². The molecule has 0 saturated carbocycles. The van der Waals surface area contributed by atoms with E-state index in [0.717, 1.165) is 80.6 Å². The molecule has 2 heterocycles. The van der Waals surface area contributed by atoms with Crippen LogP contribution in [0.2, 0.25) is 0 Å². The third-order valence-corrected chi connectivity index (χ3v) is 6.42. The highest BCUT2D eigenvalue weighted by Gasteiger charge is 2.36. The fourth-order valence-electron chi connectivity index (χ4n) is 4.54. The van der Waals surface area contributed by atoms with Crippen LogP contribution in [0.4, 0.5) is 0 Å². The monoisotopic (exact) mass is 448 g/mol. The van der Waals surface area contributed by atoms with Crippen molar-refractivity contribution in [3.63, 3.8) is 0 Å². The van der Waals surface area contributed by atoms with Crippen LogP contribution in [-0.4, -0.2) is 42.7 Å². The quantitative estimate of drug-likeness (QED) is 0.154. The number of piperidine rings is 1. The van der Waals surface area contributed by atoms with E-state index in [2.05, 4.69) is 46.8 Å². The van der Waals surface area contributed by atoms with Crippen LogP contribution in [0.3, 0.4) is 0 Å². The number of hydrogen-bond acceptors (Lipinski definition) is 6. The summed E-state index contributed by atoms with van der Waals surface area (Å²) in [6.45, 7) is 3.33. The minimum atomic E-state index is -0.252. The standard InChI is InChI=1S/C26H36N6O/c27-15-5-1-2-6-18-32(29)31-25(28)21-11-9-20(10-12-21)23-19-26(13-16-30-17-14-26)33-24-8-4-3-7-22(23)24/h3-4,7-12,19,30H,1-2,5-6,13-18,27,29H2,(H2,28,31). The summed E-state index contributed by atoms with van der Waals surface area (Å²) in [5.74, 6) is 7.39. The smallest absolute Gasteiger partial charge is 0.152 e. The van der Waals surface area contributed by atoms with E-state index in [0.29, 0.717) is 12.4 Å². The largest absolute Gasteiger partial charge is 0.482 e. The fraction of sp³-hybridized carbons (Fsp3) is 0.423. The summed E-state index contributed by atoms with van der Waals surface area (Å²) in [4.78, 5) is 0. The molecule has 0 aromatic heterocycles. The first-order valence-electron chi connectivity index (χ1n) is 12.0. The lowest BCUT2D eigenvalue weighted by molar-refractivity contribution is 0.0817. The van der Waals surface area contributed by atoms with Gasteiger partial charge in [0.2, 0.25) is 0 Å². The lowest BCUT2D eigenvalue weighted by atomic mass is 9.83. The van der Waals surface area contributed by atoms with E-state index in [1.807, 2.05) is 18.2 Å². The molecule has 4 rings (SSSR count). The zero-order valence-corrected chi connectivity index (χ0v) is 19.3. The van der Waals surface area contributed by atoms with Crippen molar-refractivity contribution in [2.24, 2.45) is 22.4 Å². The molecule has 7 N–H and O–H groups in total. The fourth-order valence-corrected chi connectivity index (χ4v) is 4.54. The van der Waals surface area contributed by atoms with Gasteiger partial charge < -0.3 is 21.5 Å². The molecule has 0 radical (unpaired) electrons. The van der Waals surface area contributed by atoms with Crippen molar-refractivity contribution in [1.29, 1.82) is 0 Å². The number of hydrogen-bond donors (Lipinski definition) is 4. The van der Waals surface area contributed by atoms with Gasteiger partial charge in [-0.2, -0.15) is 0 Å². The molecule has 1 saturated heterocycles. The molecule has 0 aliphatic carbocycles. The van der Waals surface area contributed by atoms with E-state index in [1.165, 1.54) is 10.7 Å². The molecule has 1 spiro atoms. The van der Waals surface area contributed by atoms with Gasteiger partial charge in [-0.25, -0.2) is 11.0 Å². The molecule has 7 nitrogen and oxygen atoms in total. The highest BCUT2D eigenvalue weighted by atomic mass is 16.5. The average Bonchev–Trinajstić information content (AvgIpc) is 2.84. The Morgan fingerprint density at radius 3 is 2.48 bits per heavy atom. The highest BCUT2D eigenvalue weighted by molar-refractivity contribution is 5.97. The molecule has 0 amide bonds. The number of ether oxygens (including phenoxy) is 1. The first kappa shape index (κ1) is 23.3. The molecular formula is C26H36N6O. The molecule has 0 bridgehead atoms. The molecule has 2 aromatic carbocycles. The zero-order valence-electron chi connectivity index (χ0n) is 19.3. The summed E-state index contributed by atoms with van der Waals surface area (Å²) < 4.78 is 6.49. The third kappa shape index (κ3) is 5.74. The summed E-state index contributed by atoms with van der Waals surface area (Å²) in [5.41, 5.74) is 15.8. The number of fused-ring (bicyclic) bond motifs is 1. The lowest BCUT2D eigenvalue weighted by Crippen LogP contribution is -2.46. The summed E-state index contributed by atoms with van der Waals surface area (Å²) in [6.07, 6.45) is 8.46. The van der Waals surface area contributed by atoms with Crippen LogP contribution in [0.25, 0.3) is 5.57 Å². The molecule has 2 aliphatic heterocycles. The molecular weight excluding hydrogens is 412 g/mol. The average molecular weight is 449 g/mol. The first-order valence-corrected chi connectivity index (χ1v) is 12.0. The maximum atomic E-state index is 6.49. The topological polar surface area (TPSA) is 115 Å². The number of para-hydroxylation sites is 1. The van der Waals surface area contributed by atoms with Gasteiger partial charge in [0, 0.05) is 24.0 Å². The van der Waals surface area contributed by atoms with E-state index >= 15 is 0 Å². The minimum Gasteiger partial charge on any atom is -0.482 e. The molecule has 7 heteroatoms. The Bertz CT molecular complexity index is 979. The molecule has 176 valence electrons. The van der Waals surface area contributed by atoms with Gasteiger partial charge in [0.05, 0.1) is 6.54 Å². The molecule has 0 atom stereocenters. The van der Waals surface area contributed by atoms with Crippen molar-refractivity contribution in [3.05, 3.63) is 71.3 Å². The van der Waals surface area contributed by atoms with Crippen LogP contribution in [0.15, 0.2) is 59.7 Å². The van der Waals surface area contributed by atoms with Crippen LogP contribution in [0.5, 0.6) is 5.75 Å². The Balaban J connectivity index is 1.49. The Morgan fingerprint density at radius 2 is 1.73 bits per heavy atom. The van der Waals surface area contributed by atoms with Crippen molar-refractivity contribution in [3.8, 4) is 5.75 Å². The SMILES string of the molecule is NCCCCCCN(N)/N=C(\N)c1ccc(C2=CC3(CCNCC3)Oc3ccccc32)cc1. The number of amidine groups is 1. The van der Waals surface area contributed by atoms with Crippen molar-refractivity contribution in [1.82, 2.24) is 10.4 Å². The second-order valence-electron chi connectivity index (χ2n) is 8.90. The van der Waals surface area contributed by atoms with Gasteiger partial charge in [-0.05, 0) is 55.8 Å². The second kappa shape index (κ2) is 10.8. The van der Waals surface area contributed by atoms with Crippen molar-refractivity contribution >= 4 is 11.4 Å². The van der Waals surface area contributed by atoms with Gasteiger partial charge in [-0.3, -0.25) is 0 Å². The van der Waals surface area contributed by atoms with E-state index in [1.54, 1.807) is 0 Å². The van der Waals surface area contributed by atoms with Gasteiger partial charge in [-0.15, -0.1) is 5.10 Å². The Labute approximate surface area is 196 Å². The van der Waals surface area contributed by atoms with Crippen molar-refractivity contribution < 1.29 is 4.74 Å². The Morgan fingerprint density at radius 1 is 1.00 bits per heavy atom. The molecule has 1 fully saturated rings. The number of nitrogens with one attached hydrogen (secondary N) is 1. The maximum Gasteiger partial charge on any atom is 0.152 e. The maximum absolute atomic E-state index is 6.49. The van der Waals surface area contributed by atoms with Gasteiger partial charge in [-0.1, -0.05) is 55.3 Å². The first-order chi connectivity index (χ1) is 16.1. The van der Waals surface area contributed by atoms with Gasteiger partial charge in [0.1, 0.15) is 11.4 Å². The van der Waals surface area contributed by atoms with Crippen molar-refractivity contribution in [2.75, 3.05) is 26.2 Å². The number of unbranched alkanes of at least 4 members (excludes halogenated alkanes) is 3. The molecule has 2 aliphatic rings. The van der Waals surface area contributed by atoms with Crippen LogP contribution < -0.4 is 27.4 Å². The summed E-state index contributed by atoms with van der Waals surface area (Å²) in [6, 6.07) is 16.5. The molecule has 2 aromatic rings. The number of benzene rings is 2. The van der Waals surface area contributed by atoms with Crippen molar-refractivity contribution in [2.45, 2.75) is 44.1 Å². The van der Waals surface area contributed by atoms with Crippen LogP contribution in [0.1, 0.15) is 55.2 Å². The Hall–Kier alpha value is -2.87. The number of hydrazone groups is 1. The number of nitrogens with two attached hydrogens (primary N) is 3. The highest BCUT2D eigenvalue weighted by Crippen LogP contribution is 2.42. The summed E-state index contributed by atoms with van der Waals surface area (Å²) >= 11 is 0. The molecule has 33 heavy (non-hydrogen) atoms. The second-order valence-corrected chi connectivity index (χ2v) is 8.90. The third-order valence-electron chi connectivity index (χ3n) is 6.42. The minimum absolute atomic E-state index is 0.252. The summed E-state index contributed by atoms with van der Waals surface area (Å²) in [5, 5.41) is 9.22. The Kier molecular flexibility index (Phi) is 7.65. The van der Waals surface area contributed by atoms with Gasteiger partial charge >= 0.3 is 0 Å². The van der Waals surface area contributed by atoms with E-state index in [9.17, 15) is 0 Å². The number of rotatable bonds is 9.